The summed E-state index contributed by atoms with van der Waals surface area (Å²) in [6.07, 6.45) is 1.45. The lowest BCUT2D eigenvalue weighted by molar-refractivity contribution is 0.182. The number of pyridine rings is 1. The highest BCUT2D eigenvalue weighted by Crippen LogP contribution is 2.18. The minimum Gasteiger partial charge on any atom is -0.398 e. The van der Waals surface area contributed by atoms with E-state index in [1.807, 2.05) is 6.92 Å². The van der Waals surface area contributed by atoms with Crippen molar-refractivity contribution in [1.82, 2.24) is 9.29 Å². The van der Waals surface area contributed by atoms with E-state index in [1.54, 1.807) is 41.7 Å². The Morgan fingerprint density at radius 3 is 2.58 bits per heavy atom. The van der Waals surface area contributed by atoms with Crippen LogP contribution in [0, 0.1) is 0 Å². The maximum atomic E-state index is 12.6. The lowest BCUT2D eigenvalue weighted by Gasteiger charge is -2.18. The summed E-state index contributed by atoms with van der Waals surface area (Å²) in [5.41, 5.74) is 12.2. The van der Waals surface area contributed by atoms with Crippen LogP contribution in [-0.2, 0) is 15.7 Å². The summed E-state index contributed by atoms with van der Waals surface area (Å²) in [7, 11) is 0.321. The standard InChI is InChI=1S/C17H23N5O3S/c1-3-22(10-11-25-2)26(24)13-6-4-12(5-7-13)21-16(19)15-14(18)8-9-20-17(15)23/h4-9H,3,10-11H2,1-2H3,(H2,19,21)(H3,18,20,23). The van der Waals surface area contributed by atoms with Gasteiger partial charge in [0.05, 0.1) is 17.2 Å². The number of anilines is 1. The second kappa shape index (κ2) is 9.27. The lowest BCUT2D eigenvalue weighted by Crippen LogP contribution is -2.29. The molecule has 2 aromatic rings. The molecule has 0 aliphatic carbocycles. The number of H-pyrrole nitrogens is 1. The SMILES string of the molecule is CCN(CCOC)S(=O)c1ccc(N=C(N)c2c(N)cc[nH]c2=O)cc1. The molecule has 5 N–H and O–H groups in total. The molecular formula is C17H23N5O3S. The van der Waals surface area contributed by atoms with Crippen LogP contribution in [0.4, 0.5) is 11.4 Å². The molecule has 0 fully saturated rings. The molecule has 0 aliphatic heterocycles. The van der Waals surface area contributed by atoms with E-state index in [-0.39, 0.29) is 17.1 Å². The summed E-state index contributed by atoms with van der Waals surface area (Å²) in [4.78, 5) is 19.3. The Bertz CT molecular complexity index is 848. The Morgan fingerprint density at radius 2 is 2.00 bits per heavy atom. The number of ether oxygens (including phenoxy) is 1. The highest BCUT2D eigenvalue weighted by atomic mass is 32.2. The minimum absolute atomic E-state index is 0.0218. The number of nitrogens with two attached hydrogens (primary N) is 2. The summed E-state index contributed by atoms with van der Waals surface area (Å²) in [6.45, 7) is 3.65. The lowest BCUT2D eigenvalue weighted by atomic mass is 10.2. The molecule has 0 aliphatic rings. The first-order chi connectivity index (χ1) is 12.5. The van der Waals surface area contributed by atoms with E-state index in [1.165, 1.54) is 6.20 Å². The number of likely N-dealkylation sites (N-methyl/N-ethyl adjacent to an activating group) is 1. The Balaban J connectivity index is 2.21. The zero-order valence-electron chi connectivity index (χ0n) is 14.8. The van der Waals surface area contributed by atoms with Crippen LogP contribution in [-0.4, -0.2) is 46.1 Å². The van der Waals surface area contributed by atoms with Crippen molar-refractivity contribution in [1.29, 1.82) is 0 Å². The normalized spacial score (nSPS) is 13.1. The molecule has 1 unspecified atom stereocenters. The maximum Gasteiger partial charge on any atom is 0.261 e. The molecule has 1 heterocycles. The molecule has 0 spiro atoms. The second-order valence-electron chi connectivity index (χ2n) is 5.39. The van der Waals surface area contributed by atoms with Gasteiger partial charge in [-0.05, 0) is 30.3 Å². The fraction of sp³-hybridized carbons (Fsp3) is 0.294. The van der Waals surface area contributed by atoms with Gasteiger partial charge in [-0.1, -0.05) is 6.92 Å². The van der Waals surface area contributed by atoms with E-state index in [2.05, 4.69) is 9.98 Å². The predicted molar refractivity (Wildman–Crippen MR) is 104 cm³/mol. The molecule has 0 bridgehead atoms. The van der Waals surface area contributed by atoms with Gasteiger partial charge in [0.25, 0.3) is 5.56 Å². The molecule has 1 aromatic carbocycles. The smallest absolute Gasteiger partial charge is 0.261 e. The topological polar surface area (TPSA) is 127 Å². The van der Waals surface area contributed by atoms with Gasteiger partial charge in [0.1, 0.15) is 22.4 Å². The van der Waals surface area contributed by atoms with Crippen molar-refractivity contribution in [3.05, 3.63) is 52.4 Å². The second-order valence-corrected chi connectivity index (χ2v) is 6.88. The number of aromatic amines is 1. The summed E-state index contributed by atoms with van der Waals surface area (Å²) in [5, 5.41) is 0. The number of benzene rings is 1. The molecule has 1 atom stereocenters. The van der Waals surface area contributed by atoms with Gasteiger partial charge in [-0.15, -0.1) is 0 Å². The summed E-state index contributed by atoms with van der Waals surface area (Å²) < 4.78 is 19.4. The number of methoxy groups -OCH3 is 1. The molecule has 26 heavy (non-hydrogen) atoms. The average Bonchev–Trinajstić information content (AvgIpc) is 2.62. The van der Waals surface area contributed by atoms with E-state index in [9.17, 15) is 9.00 Å². The van der Waals surface area contributed by atoms with Crippen molar-refractivity contribution >= 4 is 28.2 Å². The van der Waals surface area contributed by atoms with E-state index < -0.39 is 16.5 Å². The van der Waals surface area contributed by atoms with Crippen molar-refractivity contribution in [2.75, 3.05) is 32.5 Å². The van der Waals surface area contributed by atoms with Gasteiger partial charge in [0.2, 0.25) is 0 Å². The molecule has 0 saturated heterocycles. The summed E-state index contributed by atoms with van der Waals surface area (Å²) in [5.74, 6) is 0.0218. The zero-order chi connectivity index (χ0) is 19.1. The van der Waals surface area contributed by atoms with Crippen molar-refractivity contribution < 1.29 is 8.95 Å². The number of hydrogen-bond donors (Lipinski definition) is 3. The van der Waals surface area contributed by atoms with E-state index in [4.69, 9.17) is 16.2 Å². The minimum atomic E-state index is -1.29. The highest BCUT2D eigenvalue weighted by Gasteiger charge is 2.13. The molecule has 0 radical (unpaired) electrons. The molecule has 8 nitrogen and oxygen atoms in total. The van der Waals surface area contributed by atoms with E-state index >= 15 is 0 Å². The molecule has 2 rings (SSSR count). The van der Waals surface area contributed by atoms with E-state index in [0.29, 0.717) is 30.3 Å². The van der Waals surface area contributed by atoms with Crippen molar-refractivity contribution in [2.45, 2.75) is 11.8 Å². The van der Waals surface area contributed by atoms with Gasteiger partial charge >= 0.3 is 0 Å². The maximum absolute atomic E-state index is 12.6. The number of nitrogens with one attached hydrogen (secondary N) is 1. The monoisotopic (exact) mass is 377 g/mol. The largest absolute Gasteiger partial charge is 0.398 e. The number of amidine groups is 1. The van der Waals surface area contributed by atoms with Gasteiger partial charge in [-0.25, -0.2) is 13.5 Å². The van der Waals surface area contributed by atoms with Gasteiger partial charge in [-0.2, -0.15) is 0 Å². The van der Waals surface area contributed by atoms with Crippen LogP contribution in [0.1, 0.15) is 12.5 Å². The van der Waals surface area contributed by atoms with Crippen LogP contribution in [0.25, 0.3) is 0 Å². The highest BCUT2D eigenvalue weighted by molar-refractivity contribution is 7.82. The van der Waals surface area contributed by atoms with Crippen LogP contribution in [0.15, 0.2) is 51.2 Å². The average molecular weight is 377 g/mol. The number of hydrogen-bond acceptors (Lipinski definition) is 5. The fourth-order valence-corrected chi connectivity index (χ4v) is 3.43. The first-order valence-corrected chi connectivity index (χ1v) is 9.16. The van der Waals surface area contributed by atoms with Gasteiger partial charge < -0.3 is 21.2 Å². The molecular weight excluding hydrogens is 354 g/mol. The molecule has 9 heteroatoms. The number of nitrogens with zero attached hydrogens (tertiary/aromatic N) is 2. The van der Waals surface area contributed by atoms with Crippen LogP contribution < -0.4 is 17.0 Å². The number of nitrogen functional groups attached to an aromatic ring is 1. The van der Waals surface area contributed by atoms with Crippen molar-refractivity contribution in [2.24, 2.45) is 10.7 Å². The molecule has 140 valence electrons. The summed E-state index contributed by atoms with van der Waals surface area (Å²) >= 11 is 0. The zero-order valence-corrected chi connectivity index (χ0v) is 15.6. The Kier molecular flexibility index (Phi) is 7.07. The van der Waals surface area contributed by atoms with Gasteiger partial charge in [0, 0.05) is 32.1 Å². The first kappa shape index (κ1) is 19.8. The number of aliphatic imine (C=N–C) groups is 1. The fourth-order valence-electron chi connectivity index (χ4n) is 2.29. The molecule has 1 aromatic heterocycles. The van der Waals surface area contributed by atoms with Crippen molar-refractivity contribution in [3.63, 3.8) is 0 Å². The van der Waals surface area contributed by atoms with Gasteiger partial charge in [0.15, 0.2) is 0 Å². The van der Waals surface area contributed by atoms with Crippen LogP contribution >= 0.6 is 0 Å². The van der Waals surface area contributed by atoms with Crippen LogP contribution in [0.2, 0.25) is 0 Å². The third-order valence-electron chi connectivity index (χ3n) is 3.67. The van der Waals surface area contributed by atoms with Gasteiger partial charge in [-0.3, -0.25) is 4.79 Å². The van der Waals surface area contributed by atoms with E-state index in [0.717, 1.165) is 0 Å². The molecule has 0 amide bonds. The third kappa shape index (κ3) is 4.78. The predicted octanol–water partition coefficient (Wildman–Crippen LogP) is 0.985. The third-order valence-corrected chi connectivity index (χ3v) is 5.25. The quantitative estimate of drug-likeness (QED) is 0.467. The molecule has 0 saturated carbocycles. The van der Waals surface area contributed by atoms with Crippen LogP contribution in [0.5, 0.6) is 0 Å². The first-order valence-electron chi connectivity index (χ1n) is 8.05. The Labute approximate surface area is 154 Å². The van der Waals surface area contributed by atoms with Crippen LogP contribution in [0.3, 0.4) is 0 Å². The number of aromatic nitrogens is 1. The summed E-state index contributed by atoms with van der Waals surface area (Å²) in [6, 6.07) is 8.37. The Hall–Kier alpha value is -2.49. The Morgan fingerprint density at radius 1 is 1.31 bits per heavy atom. The van der Waals surface area contributed by atoms with Crippen molar-refractivity contribution in [3.8, 4) is 0 Å². The number of rotatable bonds is 8.